The van der Waals surface area contributed by atoms with Crippen LogP contribution in [0.4, 0.5) is 4.79 Å². The zero-order chi connectivity index (χ0) is 15.5. The molecule has 120 valence electrons. The fourth-order valence-corrected chi connectivity index (χ4v) is 3.19. The van der Waals surface area contributed by atoms with E-state index in [1.807, 2.05) is 0 Å². The van der Waals surface area contributed by atoms with Gasteiger partial charge in [0.15, 0.2) is 0 Å². The van der Waals surface area contributed by atoms with Gasteiger partial charge >= 0.3 is 12.0 Å². The summed E-state index contributed by atoms with van der Waals surface area (Å²) in [6.07, 6.45) is 5.59. The van der Waals surface area contributed by atoms with Gasteiger partial charge in [-0.1, -0.05) is 13.3 Å². The Bertz CT molecular complexity index is 387. The number of carbonyl (C=O) groups is 2. The number of hydrogen-bond donors (Lipinski definition) is 3. The average molecular weight is 298 g/mol. The largest absolute Gasteiger partial charge is 0.480 e. The molecule has 2 saturated carbocycles. The van der Waals surface area contributed by atoms with Crippen molar-refractivity contribution in [1.29, 1.82) is 0 Å². The van der Waals surface area contributed by atoms with E-state index >= 15 is 0 Å². The van der Waals surface area contributed by atoms with Crippen LogP contribution in [0, 0.1) is 5.92 Å². The van der Waals surface area contributed by atoms with Crippen molar-refractivity contribution in [3.05, 3.63) is 0 Å². The highest BCUT2D eigenvalue weighted by atomic mass is 16.4. The Kier molecular flexibility index (Phi) is 5.08. The number of nitrogens with zero attached hydrogens (tertiary/aromatic N) is 1. The third-order valence-corrected chi connectivity index (χ3v) is 4.88. The van der Waals surface area contributed by atoms with E-state index < -0.39 is 11.5 Å². The number of aliphatic hydroxyl groups excluding tert-OH is 1. The van der Waals surface area contributed by atoms with E-state index in [2.05, 4.69) is 12.2 Å². The van der Waals surface area contributed by atoms with E-state index in [-0.39, 0.29) is 25.2 Å². The van der Waals surface area contributed by atoms with Crippen molar-refractivity contribution in [3.63, 3.8) is 0 Å². The molecule has 21 heavy (non-hydrogen) atoms. The summed E-state index contributed by atoms with van der Waals surface area (Å²) in [5.41, 5.74) is -1.13. The second-order valence-electron chi connectivity index (χ2n) is 6.32. The fraction of sp³-hybridized carbons (Fsp3) is 0.867. The lowest BCUT2D eigenvalue weighted by Crippen LogP contribution is -2.59. The SMILES string of the molecule is CCC1CCC(NC(=O)N(CCO)C2CC2)(C(=O)O)CC1. The summed E-state index contributed by atoms with van der Waals surface area (Å²) in [6, 6.07) is -0.182. The molecule has 2 fully saturated rings. The molecule has 3 N–H and O–H groups in total. The summed E-state index contributed by atoms with van der Waals surface area (Å²) < 4.78 is 0. The number of amides is 2. The molecule has 6 heteroatoms. The Morgan fingerprint density at radius 3 is 2.29 bits per heavy atom. The van der Waals surface area contributed by atoms with Gasteiger partial charge in [0, 0.05) is 12.6 Å². The smallest absolute Gasteiger partial charge is 0.329 e. The van der Waals surface area contributed by atoms with Crippen LogP contribution in [0.25, 0.3) is 0 Å². The molecule has 0 aromatic rings. The lowest BCUT2D eigenvalue weighted by molar-refractivity contribution is -0.146. The number of carboxylic acids is 1. The molecule has 0 aliphatic heterocycles. The number of carbonyl (C=O) groups excluding carboxylic acids is 1. The first-order valence-corrected chi connectivity index (χ1v) is 7.95. The molecule has 0 radical (unpaired) electrons. The second kappa shape index (κ2) is 6.64. The predicted octanol–water partition coefficient (Wildman–Crippen LogP) is 1.58. The maximum Gasteiger partial charge on any atom is 0.329 e. The van der Waals surface area contributed by atoms with Crippen LogP contribution in [0.15, 0.2) is 0 Å². The maximum atomic E-state index is 12.4. The Morgan fingerprint density at radius 1 is 1.24 bits per heavy atom. The minimum atomic E-state index is -1.13. The highest BCUT2D eigenvalue weighted by Gasteiger charge is 2.45. The molecule has 0 spiro atoms. The van der Waals surface area contributed by atoms with Crippen LogP contribution in [0.5, 0.6) is 0 Å². The van der Waals surface area contributed by atoms with Crippen molar-refractivity contribution < 1.29 is 19.8 Å². The number of aliphatic hydroxyl groups is 1. The summed E-state index contributed by atoms with van der Waals surface area (Å²) in [5, 5.41) is 21.4. The molecule has 0 atom stereocenters. The van der Waals surface area contributed by atoms with Crippen LogP contribution in [-0.4, -0.2) is 51.8 Å². The minimum absolute atomic E-state index is 0.0953. The first-order valence-electron chi connectivity index (χ1n) is 7.95. The van der Waals surface area contributed by atoms with Gasteiger partial charge in [-0.25, -0.2) is 9.59 Å². The van der Waals surface area contributed by atoms with Gasteiger partial charge in [0.1, 0.15) is 5.54 Å². The van der Waals surface area contributed by atoms with E-state index in [0.29, 0.717) is 18.8 Å². The number of urea groups is 1. The van der Waals surface area contributed by atoms with Gasteiger partial charge < -0.3 is 20.4 Å². The van der Waals surface area contributed by atoms with Crippen molar-refractivity contribution in [2.45, 2.75) is 63.5 Å². The predicted molar refractivity (Wildman–Crippen MR) is 78.0 cm³/mol. The third kappa shape index (κ3) is 3.67. The first kappa shape index (κ1) is 16.1. The second-order valence-corrected chi connectivity index (χ2v) is 6.32. The van der Waals surface area contributed by atoms with E-state index in [9.17, 15) is 14.7 Å². The van der Waals surface area contributed by atoms with E-state index in [4.69, 9.17) is 5.11 Å². The van der Waals surface area contributed by atoms with Crippen molar-refractivity contribution in [1.82, 2.24) is 10.2 Å². The zero-order valence-corrected chi connectivity index (χ0v) is 12.7. The number of hydrogen-bond acceptors (Lipinski definition) is 3. The topological polar surface area (TPSA) is 89.9 Å². The van der Waals surface area contributed by atoms with Gasteiger partial charge in [-0.15, -0.1) is 0 Å². The maximum absolute atomic E-state index is 12.4. The van der Waals surface area contributed by atoms with Crippen molar-refractivity contribution >= 4 is 12.0 Å². The minimum Gasteiger partial charge on any atom is -0.480 e. The lowest BCUT2D eigenvalue weighted by Gasteiger charge is -2.38. The Balaban J connectivity index is 2.02. The third-order valence-electron chi connectivity index (χ3n) is 4.88. The van der Waals surface area contributed by atoms with Crippen LogP contribution in [0.3, 0.4) is 0 Å². The van der Waals surface area contributed by atoms with Crippen molar-refractivity contribution in [3.8, 4) is 0 Å². The molecule has 2 aliphatic rings. The molecule has 2 amide bonds. The number of aliphatic carboxylic acids is 1. The van der Waals surface area contributed by atoms with Gasteiger partial charge in [-0.05, 0) is 44.4 Å². The van der Waals surface area contributed by atoms with Gasteiger partial charge in [0.2, 0.25) is 0 Å². The fourth-order valence-electron chi connectivity index (χ4n) is 3.19. The summed E-state index contributed by atoms with van der Waals surface area (Å²) in [7, 11) is 0. The molecule has 2 aliphatic carbocycles. The van der Waals surface area contributed by atoms with Crippen LogP contribution >= 0.6 is 0 Å². The average Bonchev–Trinajstić information content (AvgIpc) is 3.29. The molecular weight excluding hydrogens is 272 g/mol. The van der Waals surface area contributed by atoms with Gasteiger partial charge in [0.05, 0.1) is 6.61 Å². The summed E-state index contributed by atoms with van der Waals surface area (Å²) in [6.45, 7) is 2.29. The van der Waals surface area contributed by atoms with Gasteiger partial charge in [-0.2, -0.15) is 0 Å². The monoisotopic (exact) mass is 298 g/mol. The first-order chi connectivity index (χ1) is 10.0. The summed E-state index contributed by atoms with van der Waals surface area (Å²) in [4.78, 5) is 25.7. The molecule has 2 rings (SSSR count). The number of rotatable bonds is 6. The molecule has 0 unspecified atom stereocenters. The van der Waals surface area contributed by atoms with Crippen LogP contribution in [-0.2, 0) is 4.79 Å². The van der Waals surface area contributed by atoms with E-state index in [1.165, 1.54) is 0 Å². The normalized spacial score (nSPS) is 29.0. The quantitative estimate of drug-likeness (QED) is 0.694. The molecule has 0 aromatic carbocycles. The molecule has 0 heterocycles. The highest BCUT2D eigenvalue weighted by molar-refractivity contribution is 5.86. The molecule has 0 saturated heterocycles. The Morgan fingerprint density at radius 2 is 1.86 bits per heavy atom. The molecule has 0 aromatic heterocycles. The number of carboxylic acid groups (broad SMARTS) is 1. The summed E-state index contributed by atoms with van der Waals surface area (Å²) >= 11 is 0. The number of nitrogens with one attached hydrogen (secondary N) is 1. The van der Waals surface area contributed by atoms with Crippen LogP contribution in [0.1, 0.15) is 51.9 Å². The van der Waals surface area contributed by atoms with Gasteiger partial charge in [0.25, 0.3) is 0 Å². The van der Waals surface area contributed by atoms with Crippen LogP contribution < -0.4 is 5.32 Å². The highest BCUT2D eigenvalue weighted by Crippen LogP contribution is 2.35. The Labute approximate surface area is 125 Å². The van der Waals surface area contributed by atoms with E-state index in [0.717, 1.165) is 32.1 Å². The lowest BCUT2D eigenvalue weighted by atomic mass is 9.75. The Hall–Kier alpha value is -1.30. The standard InChI is InChI=1S/C15H26N2O4/c1-2-11-5-7-15(8-6-11,13(19)20)16-14(21)17(9-10-18)12-3-4-12/h11-12,18H,2-10H2,1H3,(H,16,21)(H,19,20). The van der Waals surface area contributed by atoms with Crippen molar-refractivity contribution in [2.75, 3.05) is 13.2 Å². The zero-order valence-electron chi connectivity index (χ0n) is 12.7. The van der Waals surface area contributed by atoms with Crippen molar-refractivity contribution in [2.24, 2.45) is 5.92 Å². The van der Waals surface area contributed by atoms with Crippen LogP contribution in [0.2, 0.25) is 0 Å². The van der Waals surface area contributed by atoms with E-state index in [1.54, 1.807) is 4.90 Å². The summed E-state index contributed by atoms with van der Waals surface area (Å²) in [5.74, 6) is -0.378. The molecule has 0 bridgehead atoms. The molecular formula is C15H26N2O4. The van der Waals surface area contributed by atoms with Gasteiger partial charge in [-0.3, -0.25) is 0 Å². The molecule has 6 nitrogen and oxygen atoms in total.